The summed E-state index contributed by atoms with van der Waals surface area (Å²) >= 11 is 0. The lowest BCUT2D eigenvalue weighted by atomic mass is 10.2. The first-order valence-corrected chi connectivity index (χ1v) is 6.98. The normalized spacial score (nSPS) is 13.7. The molecule has 0 heterocycles. The van der Waals surface area contributed by atoms with Crippen molar-refractivity contribution in [2.24, 2.45) is 5.92 Å². The molecule has 98 valence electrons. The van der Waals surface area contributed by atoms with Gasteiger partial charge in [-0.05, 0) is 58.8 Å². The molecule has 0 aliphatic rings. The van der Waals surface area contributed by atoms with E-state index in [1.807, 2.05) is 0 Å². The zero-order valence-corrected chi connectivity index (χ0v) is 12.1. The van der Waals surface area contributed by atoms with Crippen LogP contribution in [0.25, 0.3) is 0 Å². The molecule has 0 rings (SSSR count). The van der Waals surface area contributed by atoms with Crippen LogP contribution in [0.5, 0.6) is 0 Å². The van der Waals surface area contributed by atoms with E-state index >= 15 is 0 Å². The monoisotopic (exact) mass is 228 g/mol. The Morgan fingerprint density at radius 2 is 1.75 bits per heavy atom. The Morgan fingerprint density at radius 3 is 2.31 bits per heavy atom. The minimum absolute atomic E-state index is 0.735. The summed E-state index contributed by atoms with van der Waals surface area (Å²) < 4.78 is 0. The molecule has 16 heavy (non-hydrogen) atoms. The summed E-state index contributed by atoms with van der Waals surface area (Å²) in [5.41, 5.74) is 0. The molecule has 2 nitrogen and oxygen atoms in total. The average molecular weight is 228 g/mol. The number of nitrogens with zero attached hydrogens (tertiary/aromatic N) is 1. The van der Waals surface area contributed by atoms with Crippen molar-refractivity contribution in [2.75, 3.05) is 26.7 Å². The van der Waals surface area contributed by atoms with Crippen LogP contribution in [0.2, 0.25) is 0 Å². The van der Waals surface area contributed by atoms with Gasteiger partial charge in [-0.15, -0.1) is 0 Å². The largest absolute Gasteiger partial charge is 0.316 e. The van der Waals surface area contributed by atoms with Crippen LogP contribution in [0.3, 0.4) is 0 Å². The zero-order valence-electron chi connectivity index (χ0n) is 12.1. The van der Waals surface area contributed by atoms with Crippen molar-refractivity contribution < 1.29 is 0 Å². The second-order valence-corrected chi connectivity index (χ2v) is 5.40. The summed E-state index contributed by atoms with van der Waals surface area (Å²) in [4.78, 5) is 2.47. The van der Waals surface area contributed by atoms with Gasteiger partial charge in [0.05, 0.1) is 0 Å². The molecule has 0 bridgehead atoms. The van der Waals surface area contributed by atoms with E-state index in [0.717, 1.165) is 18.5 Å². The summed E-state index contributed by atoms with van der Waals surface area (Å²) in [7, 11) is 2.24. The van der Waals surface area contributed by atoms with Crippen molar-refractivity contribution in [3.63, 3.8) is 0 Å². The van der Waals surface area contributed by atoms with Gasteiger partial charge in [-0.2, -0.15) is 0 Å². The fraction of sp³-hybridized carbons (Fsp3) is 1.00. The van der Waals surface area contributed by atoms with Gasteiger partial charge in [-0.25, -0.2) is 0 Å². The number of hydrogen-bond donors (Lipinski definition) is 1. The summed E-state index contributed by atoms with van der Waals surface area (Å²) in [6.45, 7) is 12.7. The molecule has 1 unspecified atom stereocenters. The molecule has 0 saturated heterocycles. The first kappa shape index (κ1) is 15.9. The van der Waals surface area contributed by atoms with Crippen LogP contribution in [-0.4, -0.2) is 37.6 Å². The molecule has 0 aliphatic carbocycles. The van der Waals surface area contributed by atoms with Crippen molar-refractivity contribution >= 4 is 0 Å². The van der Waals surface area contributed by atoms with Crippen molar-refractivity contribution in [3.8, 4) is 0 Å². The number of unbranched alkanes of at least 4 members (excludes halogenated alkanes) is 2. The van der Waals surface area contributed by atoms with E-state index in [0.29, 0.717) is 0 Å². The molecular weight excluding hydrogens is 196 g/mol. The van der Waals surface area contributed by atoms with Crippen molar-refractivity contribution in [1.82, 2.24) is 10.2 Å². The van der Waals surface area contributed by atoms with Crippen LogP contribution >= 0.6 is 0 Å². The molecule has 0 radical (unpaired) electrons. The fourth-order valence-electron chi connectivity index (χ4n) is 1.71. The van der Waals surface area contributed by atoms with Crippen LogP contribution in [0, 0.1) is 5.92 Å². The SMILES string of the molecule is CCC(C)N(C)CCCCCNCC(C)C. The highest BCUT2D eigenvalue weighted by Crippen LogP contribution is 2.03. The molecule has 1 atom stereocenters. The summed E-state index contributed by atoms with van der Waals surface area (Å²) in [5.74, 6) is 0.775. The lowest BCUT2D eigenvalue weighted by molar-refractivity contribution is 0.246. The highest BCUT2D eigenvalue weighted by Gasteiger charge is 2.05. The van der Waals surface area contributed by atoms with Gasteiger partial charge in [0.25, 0.3) is 0 Å². The van der Waals surface area contributed by atoms with Gasteiger partial charge in [0.2, 0.25) is 0 Å². The molecule has 0 amide bonds. The van der Waals surface area contributed by atoms with Gasteiger partial charge in [0, 0.05) is 6.04 Å². The quantitative estimate of drug-likeness (QED) is 0.578. The van der Waals surface area contributed by atoms with Crippen molar-refractivity contribution in [3.05, 3.63) is 0 Å². The predicted octanol–water partition coefficient (Wildman–Crippen LogP) is 3.13. The van der Waals surface area contributed by atoms with Gasteiger partial charge in [-0.3, -0.25) is 0 Å². The second kappa shape index (κ2) is 10.1. The Bertz CT molecular complexity index is 146. The Balaban J connectivity index is 3.20. The number of nitrogens with one attached hydrogen (secondary N) is 1. The van der Waals surface area contributed by atoms with Gasteiger partial charge in [0.1, 0.15) is 0 Å². The first-order chi connectivity index (χ1) is 7.57. The van der Waals surface area contributed by atoms with E-state index in [1.165, 1.54) is 38.8 Å². The molecule has 1 N–H and O–H groups in total. The number of rotatable bonds is 10. The lowest BCUT2D eigenvalue weighted by Gasteiger charge is -2.23. The highest BCUT2D eigenvalue weighted by molar-refractivity contribution is 4.61. The third-order valence-electron chi connectivity index (χ3n) is 3.26. The van der Waals surface area contributed by atoms with Gasteiger partial charge in [0.15, 0.2) is 0 Å². The van der Waals surface area contributed by atoms with Gasteiger partial charge >= 0.3 is 0 Å². The van der Waals surface area contributed by atoms with E-state index < -0.39 is 0 Å². The molecular formula is C14H32N2. The van der Waals surface area contributed by atoms with Crippen LogP contribution < -0.4 is 5.32 Å². The summed E-state index contributed by atoms with van der Waals surface area (Å²) in [6.07, 6.45) is 5.27. The maximum absolute atomic E-state index is 3.49. The molecule has 0 spiro atoms. The molecule has 0 aliphatic heterocycles. The number of hydrogen-bond acceptors (Lipinski definition) is 2. The van der Waals surface area contributed by atoms with E-state index in [9.17, 15) is 0 Å². The van der Waals surface area contributed by atoms with Crippen LogP contribution in [0.15, 0.2) is 0 Å². The third-order valence-corrected chi connectivity index (χ3v) is 3.26. The maximum Gasteiger partial charge on any atom is 0.00612 e. The summed E-state index contributed by atoms with van der Waals surface area (Å²) in [5, 5.41) is 3.49. The molecule has 0 fully saturated rings. The minimum atomic E-state index is 0.735. The van der Waals surface area contributed by atoms with Crippen LogP contribution in [0.4, 0.5) is 0 Å². The second-order valence-electron chi connectivity index (χ2n) is 5.40. The molecule has 0 aromatic heterocycles. The molecule has 0 aromatic carbocycles. The first-order valence-electron chi connectivity index (χ1n) is 6.98. The molecule has 0 saturated carbocycles. The smallest absolute Gasteiger partial charge is 0.00612 e. The summed E-state index contributed by atoms with van der Waals surface area (Å²) in [6, 6.07) is 0.735. The predicted molar refractivity (Wildman–Crippen MR) is 73.9 cm³/mol. The Hall–Kier alpha value is -0.0800. The van der Waals surface area contributed by atoms with Crippen LogP contribution in [-0.2, 0) is 0 Å². The molecule has 2 heteroatoms. The van der Waals surface area contributed by atoms with Gasteiger partial charge in [-0.1, -0.05) is 27.2 Å². The topological polar surface area (TPSA) is 15.3 Å². The van der Waals surface area contributed by atoms with E-state index in [4.69, 9.17) is 0 Å². The fourth-order valence-corrected chi connectivity index (χ4v) is 1.71. The van der Waals surface area contributed by atoms with Crippen molar-refractivity contribution in [2.45, 2.75) is 59.4 Å². The average Bonchev–Trinajstić information content (AvgIpc) is 2.25. The van der Waals surface area contributed by atoms with E-state index in [1.54, 1.807) is 0 Å². The lowest BCUT2D eigenvalue weighted by Crippen LogP contribution is -2.29. The molecule has 0 aromatic rings. The van der Waals surface area contributed by atoms with E-state index in [2.05, 4.69) is 45.0 Å². The zero-order chi connectivity index (χ0) is 12.4. The Morgan fingerprint density at radius 1 is 1.06 bits per heavy atom. The third kappa shape index (κ3) is 9.17. The highest BCUT2D eigenvalue weighted by atomic mass is 15.1. The van der Waals surface area contributed by atoms with Gasteiger partial charge < -0.3 is 10.2 Å². The van der Waals surface area contributed by atoms with Crippen molar-refractivity contribution in [1.29, 1.82) is 0 Å². The minimum Gasteiger partial charge on any atom is -0.316 e. The Kier molecular flexibility index (Phi) is 10.0. The van der Waals surface area contributed by atoms with E-state index in [-0.39, 0.29) is 0 Å². The Labute approximate surface area is 103 Å². The standard InChI is InChI=1S/C14H32N2/c1-6-14(4)16(5)11-9-7-8-10-15-12-13(2)3/h13-15H,6-12H2,1-5H3. The maximum atomic E-state index is 3.49. The van der Waals surface area contributed by atoms with Crippen LogP contribution in [0.1, 0.15) is 53.4 Å².